The minimum atomic E-state index is -1.26. The maximum Gasteiger partial charge on any atom is 0.340 e. The maximum absolute atomic E-state index is 12.8. The largest absolute Gasteiger partial charge is 0.480 e. The average molecular weight is 395 g/mol. The number of carbonyl (C=O) groups is 3. The van der Waals surface area contributed by atoms with Crippen molar-refractivity contribution in [2.75, 3.05) is 13.3 Å². The number of amides is 1. The fourth-order valence-electron chi connectivity index (χ4n) is 2.82. The van der Waals surface area contributed by atoms with E-state index in [0.29, 0.717) is 11.1 Å². The van der Waals surface area contributed by atoms with Gasteiger partial charge in [-0.3, -0.25) is 9.59 Å². The molecule has 2 aromatic rings. The van der Waals surface area contributed by atoms with E-state index in [1.165, 1.54) is 0 Å². The summed E-state index contributed by atoms with van der Waals surface area (Å²) in [6.45, 7) is -0.885. The van der Waals surface area contributed by atoms with E-state index >= 15 is 0 Å². The zero-order valence-corrected chi connectivity index (χ0v) is 15.1. The van der Waals surface area contributed by atoms with Gasteiger partial charge in [-0.1, -0.05) is 60.7 Å². The fourth-order valence-corrected chi connectivity index (χ4v) is 2.82. The van der Waals surface area contributed by atoms with Crippen LogP contribution in [-0.2, 0) is 23.9 Å². The van der Waals surface area contributed by atoms with Gasteiger partial charge in [-0.2, -0.15) is 0 Å². The molecule has 3 rings (SSSR count). The van der Waals surface area contributed by atoms with E-state index < -0.39 is 24.4 Å². The molecule has 2 aromatic carbocycles. The predicted octanol–water partition coefficient (Wildman–Crippen LogP) is 2.10. The average Bonchev–Trinajstić information content (AvgIpc) is 3.17. The molecular weight excluding hydrogens is 378 g/mol. The summed E-state index contributed by atoms with van der Waals surface area (Å²) in [6, 6.07) is 16.7. The second-order valence-corrected chi connectivity index (χ2v) is 5.93. The molecule has 0 aliphatic carbocycles. The molecule has 0 saturated carbocycles. The van der Waals surface area contributed by atoms with Gasteiger partial charge in [0.25, 0.3) is 5.91 Å². The zero-order chi connectivity index (χ0) is 20.8. The molecule has 1 heterocycles. The number of benzene rings is 2. The summed E-state index contributed by atoms with van der Waals surface area (Å²) >= 11 is 0. The van der Waals surface area contributed by atoms with E-state index in [0.717, 1.165) is 0 Å². The van der Waals surface area contributed by atoms with Gasteiger partial charge in [-0.15, -0.1) is 0 Å². The Hall–Kier alpha value is -4.07. The molecule has 8 heteroatoms. The van der Waals surface area contributed by atoms with Crippen LogP contribution in [-0.4, -0.2) is 41.4 Å². The summed E-state index contributed by atoms with van der Waals surface area (Å²) in [7, 11) is 0. The number of carboxylic acids is 2. The first kappa shape index (κ1) is 19.7. The molecule has 0 aromatic heterocycles. The lowest BCUT2D eigenvalue weighted by Gasteiger charge is -2.12. The monoisotopic (exact) mass is 395 g/mol. The van der Waals surface area contributed by atoms with Crippen molar-refractivity contribution in [1.29, 1.82) is 0 Å². The predicted molar refractivity (Wildman–Crippen MR) is 102 cm³/mol. The summed E-state index contributed by atoms with van der Waals surface area (Å²) in [4.78, 5) is 35.6. The number of nitrogens with one attached hydrogen (secondary N) is 1. The Morgan fingerprint density at radius 3 is 1.76 bits per heavy atom. The number of rotatable bonds is 6. The first-order chi connectivity index (χ1) is 14.0. The molecule has 1 fully saturated rings. The third-order valence-electron chi connectivity index (χ3n) is 4.03. The lowest BCUT2D eigenvalue weighted by atomic mass is 9.98. The lowest BCUT2D eigenvalue weighted by Crippen LogP contribution is -2.30. The van der Waals surface area contributed by atoms with Gasteiger partial charge < -0.3 is 25.0 Å². The van der Waals surface area contributed by atoms with E-state index in [4.69, 9.17) is 14.6 Å². The Bertz CT molecular complexity index is 994. The van der Waals surface area contributed by atoms with Crippen molar-refractivity contribution in [2.24, 2.45) is 0 Å². The van der Waals surface area contributed by atoms with Crippen LogP contribution in [0.1, 0.15) is 11.1 Å². The van der Waals surface area contributed by atoms with Crippen LogP contribution in [0.2, 0.25) is 0 Å². The van der Waals surface area contributed by atoms with Crippen molar-refractivity contribution in [2.45, 2.75) is 0 Å². The highest BCUT2D eigenvalue weighted by Crippen LogP contribution is 2.35. The van der Waals surface area contributed by atoms with Gasteiger partial charge in [0.1, 0.15) is 12.1 Å². The normalized spacial score (nSPS) is 16.3. The topological polar surface area (TPSA) is 122 Å². The van der Waals surface area contributed by atoms with Crippen LogP contribution in [0.4, 0.5) is 0 Å². The molecule has 0 radical (unpaired) electrons. The van der Waals surface area contributed by atoms with Crippen LogP contribution >= 0.6 is 0 Å². The van der Waals surface area contributed by atoms with E-state index in [2.05, 4.69) is 5.32 Å². The molecular formula is C21H17NO7. The van der Waals surface area contributed by atoms with E-state index in [1.54, 1.807) is 60.7 Å². The second kappa shape index (κ2) is 8.75. The number of carbonyl (C=O) groups excluding carboxylic acids is 1. The number of hydrogen-bond acceptors (Lipinski definition) is 5. The number of carboxylic acid groups (broad SMARTS) is 2. The zero-order valence-electron chi connectivity index (χ0n) is 15.1. The van der Waals surface area contributed by atoms with Gasteiger partial charge in [0.05, 0.1) is 5.57 Å². The molecule has 8 nitrogen and oxygen atoms in total. The number of ether oxygens (including phenoxy) is 2. The molecule has 1 aliphatic rings. The Labute approximate surface area is 165 Å². The third kappa shape index (κ3) is 4.44. The summed E-state index contributed by atoms with van der Waals surface area (Å²) in [5.41, 5.74) is 0.606. The van der Waals surface area contributed by atoms with Crippen molar-refractivity contribution in [3.05, 3.63) is 83.3 Å². The van der Waals surface area contributed by atoms with Crippen LogP contribution in [0.15, 0.2) is 72.2 Å². The second-order valence-electron chi connectivity index (χ2n) is 5.93. The van der Waals surface area contributed by atoms with Gasteiger partial charge in [-0.05, 0) is 11.1 Å². The lowest BCUT2D eigenvalue weighted by molar-refractivity contribution is -0.137. The van der Waals surface area contributed by atoms with Crippen LogP contribution < -0.4 is 5.32 Å². The van der Waals surface area contributed by atoms with Crippen molar-refractivity contribution >= 4 is 29.0 Å². The first-order valence-electron chi connectivity index (χ1n) is 8.57. The molecule has 0 unspecified atom stereocenters. The Morgan fingerprint density at radius 1 is 0.793 bits per heavy atom. The Morgan fingerprint density at radius 2 is 1.28 bits per heavy atom. The summed E-state index contributed by atoms with van der Waals surface area (Å²) < 4.78 is 10.9. The highest BCUT2D eigenvalue weighted by Gasteiger charge is 2.32. The summed E-state index contributed by atoms with van der Waals surface area (Å²) in [5.74, 6) is -3.37. The van der Waals surface area contributed by atoms with Crippen LogP contribution in [0, 0.1) is 0 Å². The molecule has 148 valence electrons. The quantitative estimate of drug-likeness (QED) is 0.640. The van der Waals surface area contributed by atoms with Crippen LogP contribution in [0.25, 0.3) is 11.1 Å². The smallest absolute Gasteiger partial charge is 0.340 e. The summed E-state index contributed by atoms with van der Waals surface area (Å²) in [5, 5.41) is 20.9. The third-order valence-corrected chi connectivity index (χ3v) is 4.03. The summed E-state index contributed by atoms with van der Waals surface area (Å²) in [6.07, 6.45) is 0. The van der Waals surface area contributed by atoms with E-state index in [-0.39, 0.29) is 29.5 Å². The van der Waals surface area contributed by atoms with Gasteiger partial charge in [0.2, 0.25) is 6.79 Å². The van der Waals surface area contributed by atoms with Gasteiger partial charge in [0, 0.05) is 0 Å². The molecule has 0 atom stereocenters. The van der Waals surface area contributed by atoms with Gasteiger partial charge in [0.15, 0.2) is 11.5 Å². The van der Waals surface area contributed by atoms with Crippen molar-refractivity contribution < 1.29 is 34.1 Å². The van der Waals surface area contributed by atoms with E-state index in [9.17, 15) is 19.5 Å². The van der Waals surface area contributed by atoms with Crippen molar-refractivity contribution in [3.63, 3.8) is 0 Å². The van der Waals surface area contributed by atoms with Crippen molar-refractivity contribution in [3.8, 4) is 0 Å². The maximum atomic E-state index is 12.8. The number of aliphatic carboxylic acids is 2. The molecule has 1 amide bonds. The first-order valence-corrected chi connectivity index (χ1v) is 8.57. The molecule has 0 spiro atoms. The Balaban J connectivity index is 2.21. The molecule has 3 N–H and O–H groups in total. The minimum absolute atomic E-state index is 0.0194. The minimum Gasteiger partial charge on any atom is -0.480 e. The molecule has 1 aliphatic heterocycles. The standard InChI is InChI=1S/C21H17NO7/c23-15(24)11-22-20(25)16(13-7-3-1-4-8-13)18-19(29-12-28-18)17(21(26)27)14-9-5-2-6-10-14/h1-10H,11-12H2,(H,22,25)(H,23,24)(H,26,27). The van der Waals surface area contributed by atoms with Gasteiger partial charge in [-0.25, -0.2) is 4.79 Å². The SMILES string of the molecule is O=C(O)CNC(=O)C(=C1OCOC1=C(C(=O)O)c1ccccc1)c1ccccc1. The van der Waals surface area contributed by atoms with Crippen LogP contribution in [0.5, 0.6) is 0 Å². The van der Waals surface area contributed by atoms with Crippen molar-refractivity contribution in [1.82, 2.24) is 5.32 Å². The Kier molecular flexibility index (Phi) is 5.94. The number of hydrogen-bond donors (Lipinski definition) is 3. The molecule has 0 bridgehead atoms. The van der Waals surface area contributed by atoms with Gasteiger partial charge >= 0.3 is 11.9 Å². The van der Waals surface area contributed by atoms with Crippen LogP contribution in [0.3, 0.4) is 0 Å². The molecule has 1 saturated heterocycles. The van der Waals surface area contributed by atoms with E-state index in [1.807, 2.05) is 0 Å². The fraction of sp³-hybridized carbons (Fsp3) is 0.0952. The molecule has 29 heavy (non-hydrogen) atoms. The highest BCUT2D eigenvalue weighted by molar-refractivity contribution is 6.23. The highest BCUT2D eigenvalue weighted by atomic mass is 16.7.